The Kier molecular flexibility index (Phi) is 6.23. The number of carbonyl (C=O) groups is 1. The highest BCUT2D eigenvalue weighted by molar-refractivity contribution is 7.89. The monoisotopic (exact) mass is 421 g/mol. The highest BCUT2D eigenvalue weighted by Gasteiger charge is 2.33. The minimum absolute atomic E-state index is 0.200. The van der Waals surface area contributed by atoms with Crippen molar-refractivity contribution in [1.29, 1.82) is 0 Å². The lowest BCUT2D eigenvalue weighted by Gasteiger charge is -2.22. The second kappa shape index (κ2) is 8.50. The van der Waals surface area contributed by atoms with Gasteiger partial charge in [-0.05, 0) is 39.3 Å². The van der Waals surface area contributed by atoms with E-state index < -0.39 is 10.0 Å². The molecule has 1 saturated heterocycles. The fourth-order valence-electron chi connectivity index (χ4n) is 3.57. The molecule has 10 heteroatoms. The summed E-state index contributed by atoms with van der Waals surface area (Å²) in [4.78, 5) is 19.1. The summed E-state index contributed by atoms with van der Waals surface area (Å²) in [5.41, 5.74) is 1.49. The summed E-state index contributed by atoms with van der Waals surface area (Å²) in [6, 6.07) is 3.38. The fraction of sp³-hybridized carbons (Fsp3) is 0.526. The second-order valence-corrected chi connectivity index (χ2v) is 8.84. The van der Waals surface area contributed by atoms with Crippen LogP contribution in [0.2, 0.25) is 0 Å². The van der Waals surface area contributed by atoms with Crippen molar-refractivity contribution in [1.82, 2.24) is 24.0 Å². The van der Waals surface area contributed by atoms with Crippen molar-refractivity contribution in [2.24, 2.45) is 7.05 Å². The third-order valence-electron chi connectivity index (χ3n) is 5.07. The molecule has 9 nitrogen and oxygen atoms in total. The van der Waals surface area contributed by atoms with Crippen LogP contribution in [0.25, 0.3) is 0 Å². The summed E-state index contributed by atoms with van der Waals surface area (Å²) in [6.45, 7) is 7.04. The molecule has 0 bridgehead atoms. The number of hydrogen-bond acceptors (Lipinski definition) is 6. The molecule has 1 aliphatic heterocycles. The van der Waals surface area contributed by atoms with E-state index in [1.807, 2.05) is 6.92 Å². The maximum Gasteiger partial charge on any atom is 0.259 e. The lowest BCUT2D eigenvalue weighted by molar-refractivity contribution is 0.0759. The summed E-state index contributed by atoms with van der Waals surface area (Å²) in [5.74, 6) is 0.102. The Balaban J connectivity index is 1.80. The van der Waals surface area contributed by atoms with Crippen LogP contribution in [0, 0.1) is 13.8 Å². The Hall–Kier alpha value is -2.46. The van der Waals surface area contributed by atoms with Gasteiger partial charge in [0.25, 0.3) is 5.91 Å². The van der Waals surface area contributed by atoms with Gasteiger partial charge in [-0.1, -0.05) is 0 Å². The maximum absolute atomic E-state index is 13.2. The molecule has 3 heterocycles. The molecule has 0 saturated carbocycles. The zero-order valence-electron chi connectivity index (χ0n) is 17.3. The lowest BCUT2D eigenvalue weighted by Crippen LogP contribution is -2.37. The van der Waals surface area contributed by atoms with Gasteiger partial charge in [0.2, 0.25) is 15.9 Å². The van der Waals surface area contributed by atoms with Crippen LogP contribution in [-0.4, -0.2) is 71.1 Å². The van der Waals surface area contributed by atoms with E-state index >= 15 is 0 Å². The molecule has 1 amide bonds. The summed E-state index contributed by atoms with van der Waals surface area (Å²) in [6.07, 6.45) is 2.13. The lowest BCUT2D eigenvalue weighted by atomic mass is 10.2. The van der Waals surface area contributed by atoms with Crippen molar-refractivity contribution in [3.8, 4) is 5.88 Å². The van der Waals surface area contributed by atoms with Crippen molar-refractivity contribution in [2.45, 2.75) is 32.1 Å². The summed E-state index contributed by atoms with van der Waals surface area (Å²) < 4.78 is 34.9. The van der Waals surface area contributed by atoms with E-state index in [4.69, 9.17) is 4.74 Å². The third-order valence-corrected chi connectivity index (χ3v) is 7.22. The van der Waals surface area contributed by atoms with Crippen LogP contribution in [0.1, 0.15) is 35.1 Å². The molecular weight excluding hydrogens is 394 g/mol. The maximum atomic E-state index is 13.2. The first kappa shape index (κ1) is 21.3. The first-order valence-electron chi connectivity index (χ1n) is 9.64. The molecule has 0 aliphatic carbocycles. The molecule has 0 spiro atoms. The van der Waals surface area contributed by atoms with E-state index in [9.17, 15) is 13.2 Å². The Morgan fingerprint density at radius 3 is 2.62 bits per heavy atom. The molecular formula is C19H27N5O4S. The van der Waals surface area contributed by atoms with Gasteiger partial charge in [-0.15, -0.1) is 0 Å². The van der Waals surface area contributed by atoms with Crippen LogP contribution < -0.4 is 4.74 Å². The van der Waals surface area contributed by atoms with Gasteiger partial charge in [0.15, 0.2) is 0 Å². The molecule has 2 aromatic heterocycles. The number of ether oxygens (including phenoxy) is 1. The van der Waals surface area contributed by atoms with Crippen molar-refractivity contribution in [2.75, 3.05) is 32.8 Å². The van der Waals surface area contributed by atoms with Crippen molar-refractivity contribution in [3.05, 3.63) is 35.3 Å². The SMILES string of the molecule is CCOc1ncccc1C(=O)N1CCCN(S(=O)(=O)c2c(C)nn(C)c2C)CC1. The van der Waals surface area contributed by atoms with E-state index in [0.717, 1.165) is 0 Å². The predicted molar refractivity (Wildman–Crippen MR) is 107 cm³/mol. The summed E-state index contributed by atoms with van der Waals surface area (Å²) >= 11 is 0. The van der Waals surface area contributed by atoms with Gasteiger partial charge in [0.1, 0.15) is 10.5 Å². The Morgan fingerprint density at radius 1 is 1.21 bits per heavy atom. The number of sulfonamides is 1. The zero-order valence-corrected chi connectivity index (χ0v) is 18.1. The number of nitrogens with zero attached hydrogens (tertiary/aromatic N) is 5. The second-order valence-electron chi connectivity index (χ2n) is 6.96. The standard InChI is InChI=1S/C19H27N5O4S/c1-5-28-18-16(8-6-9-20-18)19(25)23-10-7-11-24(13-12-23)29(26,27)17-14(2)21-22(4)15(17)3/h6,8-9H,5,7,10-13H2,1-4H3. The van der Waals surface area contributed by atoms with E-state index in [1.54, 1.807) is 48.8 Å². The molecule has 0 atom stereocenters. The van der Waals surface area contributed by atoms with Crippen LogP contribution in [0.3, 0.4) is 0 Å². The topological polar surface area (TPSA) is 97.6 Å². The Bertz CT molecular complexity index is 1000. The number of aryl methyl sites for hydroxylation is 2. The summed E-state index contributed by atoms with van der Waals surface area (Å²) in [5, 5.41) is 4.23. The van der Waals surface area contributed by atoms with E-state index in [-0.39, 0.29) is 17.3 Å². The van der Waals surface area contributed by atoms with Crippen LogP contribution in [0.5, 0.6) is 5.88 Å². The van der Waals surface area contributed by atoms with Crippen LogP contribution >= 0.6 is 0 Å². The minimum atomic E-state index is -3.68. The molecule has 0 radical (unpaired) electrons. The number of pyridine rings is 1. The van der Waals surface area contributed by atoms with E-state index in [2.05, 4.69) is 10.1 Å². The fourth-order valence-corrected chi connectivity index (χ4v) is 5.44. The molecule has 0 unspecified atom stereocenters. The first-order valence-corrected chi connectivity index (χ1v) is 11.1. The summed E-state index contributed by atoms with van der Waals surface area (Å²) in [7, 11) is -1.95. The molecule has 3 rings (SSSR count). The molecule has 2 aromatic rings. The molecule has 158 valence electrons. The van der Waals surface area contributed by atoms with Crippen molar-refractivity contribution in [3.63, 3.8) is 0 Å². The largest absolute Gasteiger partial charge is 0.477 e. The molecule has 29 heavy (non-hydrogen) atoms. The predicted octanol–water partition coefficient (Wildman–Crippen LogP) is 1.37. The molecule has 0 aromatic carbocycles. The van der Waals surface area contributed by atoms with Gasteiger partial charge in [-0.2, -0.15) is 9.40 Å². The molecule has 1 aliphatic rings. The van der Waals surface area contributed by atoms with Gasteiger partial charge in [-0.25, -0.2) is 13.4 Å². The number of carbonyl (C=O) groups excluding carboxylic acids is 1. The van der Waals surface area contributed by atoms with Crippen LogP contribution in [0.15, 0.2) is 23.2 Å². The minimum Gasteiger partial charge on any atom is -0.477 e. The number of aromatic nitrogens is 3. The average Bonchev–Trinajstić information content (AvgIpc) is 2.86. The van der Waals surface area contributed by atoms with Gasteiger partial charge in [0, 0.05) is 39.4 Å². The van der Waals surface area contributed by atoms with Gasteiger partial charge in [0.05, 0.1) is 18.0 Å². The Morgan fingerprint density at radius 2 is 1.97 bits per heavy atom. The van der Waals surface area contributed by atoms with Crippen LogP contribution in [-0.2, 0) is 17.1 Å². The quantitative estimate of drug-likeness (QED) is 0.723. The average molecular weight is 422 g/mol. The van der Waals surface area contributed by atoms with Gasteiger partial charge >= 0.3 is 0 Å². The number of rotatable bonds is 5. The number of amides is 1. The third kappa shape index (κ3) is 4.13. The van der Waals surface area contributed by atoms with E-state index in [1.165, 1.54) is 4.31 Å². The zero-order chi connectivity index (χ0) is 21.2. The molecule has 1 fully saturated rings. The smallest absolute Gasteiger partial charge is 0.259 e. The molecule has 0 N–H and O–H groups in total. The number of hydrogen-bond donors (Lipinski definition) is 0. The van der Waals surface area contributed by atoms with Crippen molar-refractivity contribution < 1.29 is 17.9 Å². The highest BCUT2D eigenvalue weighted by atomic mass is 32.2. The van der Waals surface area contributed by atoms with Crippen LogP contribution in [0.4, 0.5) is 0 Å². The first-order chi connectivity index (χ1) is 13.8. The van der Waals surface area contributed by atoms with Gasteiger partial charge in [-0.3, -0.25) is 9.48 Å². The van der Waals surface area contributed by atoms with Gasteiger partial charge < -0.3 is 9.64 Å². The van der Waals surface area contributed by atoms with Crippen molar-refractivity contribution >= 4 is 15.9 Å². The Labute approximate surface area is 171 Å². The van der Waals surface area contributed by atoms with E-state index in [0.29, 0.717) is 55.5 Å². The highest BCUT2D eigenvalue weighted by Crippen LogP contribution is 2.25. The normalized spacial score (nSPS) is 15.9.